The minimum Gasteiger partial charge on any atom is -0.491 e. The van der Waals surface area contributed by atoms with Gasteiger partial charge in [0.25, 0.3) is 5.91 Å². The van der Waals surface area contributed by atoms with Gasteiger partial charge in [-0.1, -0.05) is 38.5 Å². The molecule has 0 saturated carbocycles. The Labute approximate surface area is 274 Å². The quantitative estimate of drug-likeness (QED) is 0.115. The number of anilines is 2. The molecule has 0 radical (unpaired) electrons. The number of carbonyl (C=O) groups is 1. The predicted molar refractivity (Wildman–Crippen MR) is 187 cm³/mol. The number of H-pyrrole nitrogens is 1. The fourth-order valence-electron chi connectivity index (χ4n) is 5.24. The molecule has 5 rings (SSSR count). The Hall–Kier alpha value is -4.21. The Bertz CT molecular complexity index is 1630. The first-order chi connectivity index (χ1) is 22.5. The Kier molecular flexibility index (Phi) is 12.2. The lowest BCUT2D eigenvalue weighted by molar-refractivity contribution is -0.112. The van der Waals surface area contributed by atoms with Crippen molar-refractivity contribution in [3.63, 3.8) is 0 Å². The van der Waals surface area contributed by atoms with E-state index in [1.807, 2.05) is 42.5 Å². The van der Waals surface area contributed by atoms with Crippen LogP contribution in [0, 0.1) is 0 Å². The summed E-state index contributed by atoms with van der Waals surface area (Å²) in [6, 6.07) is 21.6. The highest BCUT2D eigenvalue weighted by Gasteiger charge is 2.15. The molecule has 3 N–H and O–H groups in total. The van der Waals surface area contributed by atoms with Gasteiger partial charge in [-0.05, 0) is 97.0 Å². The number of hydrogen-bond donors (Lipinski definition) is 3. The van der Waals surface area contributed by atoms with E-state index in [1.54, 1.807) is 6.20 Å². The number of hydrogen-bond acceptors (Lipinski definition) is 6. The molecule has 2 heterocycles. The molecular formula is C37H44N4O4S. The summed E-state index contributed by atoms with van der Waals surface area (Å²) in [6.07, 6.45) is 9.32. The van der Waals surface area contributed by atoms with E-state index in [2.05, 4.69) is 64.8 Å². The van der Waals surface area contributed by atoms with Gasteiger partial charge in [-0.25, -0.2) is 4.98 Å². The summed E-state index contributed by atoms with van der Waals surface area (Å²) in [6.45, 7) is 6.91. The smallest absolute Gasteiger partial charge is 0.251 e. The highest BCUT2D eigenvalue weighted by molar-refractivity contribution is 7.84. The molecule has 1 amide bonds. The molecule has 3 aromatic carbocycles. The molecular weight excluding hydrogens is 596 g/mol. The number of fused-ring (bicyclic) bond motifs is 1. The van der Waals surface area contributed by atoms with Crippen molar-refractivity contribution in [1.29, 1.82) is 0 Å². The topological polar surface area (TPSA) is 105 Å². The van der Waals surface area contributed by atoms with Crippen molar-refractivity contribution in [1.82, 2.24) is 9.97 Å². The standard InChI is InChI=1S/C37H44N4O4S/c1-3-5-20-44-21-22-45-33-14-9-27(10-15-33)28-11-18-35-30(23-28)24-29(8-6-19-38-35)37(42)41-31-12-16-34(17-13-31)46(43)26-32-25-39-36(40-32)7-4-2/h9-18,23-25,38H,3-8,19-22,26H2,1-2H3,(H,39,40)(H,41,42)/b29-24+. The van der Waals surface area contributed by atoms with Crippen LogP contribution in [0.4, 0.5) is 11.4 Å². The fraction of sp³-hybridized carbons (Fsp3) is 0.351. The normalized spacial score (nSPS) is 14.6. The van der Waals surface area contributed by atoms with Gasteiger partial charge in [0.15, 0.2) is 0 Å². The van der Waals surface area contributed by atoms with Crippen molar-refractivity contribution in [3.8, 4) is 16.9 Å². The van der Waals surface area contributed by atoms with Gasteiger partial charge in [0.1, 0.15) is 18.2 Å². The summed E-state index contributed by atoms with van der Waals surface area (Å²) >= 11 is 0. The summed E-state index contributed by atoms with van der Waals surface area (Å²) in [4.78, 5) is 21.7. The number of rotatable bonds is 15. The van der Waals surface area contributed by atoms with E-state index in [9.17, 15) is 9.00 Å². The van der Waals surface area contributed by atoms with Crippen LogP contribution in [0.2, 0.25) is 0 Å². The van der Waals surface area contributed by atoms with Crippen molar-refractivity contribution in [2.75, 3.05) is 37.0 Å². The van der Waals surface area contributed by atoms with E-state index in [1.165, 1.54) is 0 Å². The van der Waals surface area contributed by atoms with Gasteiger partial charge in [0.05, 0.1) is 23.2 Å². The number of nitrogens with zero attached hydrogens (tertiary/aromatic N) is 1. The minimum absolute atomic E-state index is 0.131. The number of aryl methyl sites for hydroxylation is 1. The summed E-state index contributed by atoms with van der Waals surface area (Å²) < 4.78 is 24.3. The number of imidazole rings is 1. The first-order valence-electron chi connectivity index (χ1n) is 16.2. The lowest BCUT2D eigenvalue weighted by Crippen LogP contribution is -2.17. The fourth-order valence-corrected chi connectivity index (χ4v) is 6.28. The zero-order valence-corrected chi connectivity index (χ0v) is 27.6. The number of unbranched alkanes of at least 4 members (excludes halogenated alkanes) is 1. The van der Waals surface area contributed by atoms with E-state index in [-0.39, 0.29) is 5.91 Å². The van der Waals surface area contributed by atoms with Crippen molar-refractivity contribution in [3.05, 3.63) is 95.6 Å². The number of aromatic nitrogens is 2. The van der Waals surface area contributed by atoms with Crippen LogP contribution in [0.5, 0.6) is 5.75 Å². The highest BCUT2D eigenvalue weighted by Crippen LogP contribution is 2.30. The minimum atomic E-state index is -1.22. The highest BCUT2D eigenvalue weighted by atomic mass is 32.2. The Morgan fingerprint density at radius 2 is 1.76 bits per heavy atom. The van der Waals surface area contributed by atoms with Crippen LogP contribution >= 0.6 is 0 Å². The SMILES string of the molecule is CCCCOCCOc1ccc(-c2ccc3c(c2)/C=C(/C(=O)Nc2ccc(S(=O)Cc4cnc(CCC)[nH]4)cc2)CCCN3)cc1. The molecule has 8 nitrogen and oxygen atoms in total. The molecule has 0 fully saturated rings. The number of benzene rings is 3. The van der Waals surface area contributed by atoms with Gasteiger partial charge < -0.3 is 25.1 Å². The molecule has 9 heteroatoms. The molecule has 242 valence electrons. The second-order valence-electron chi connectivity index (χ2n) is 11.4. The maximum absolute atomic E-state index is 13.4. The maximum atomic E-state index is 13.4. The maximum Gasteiger partial charge on any atom is 0.251 e. The third-order valence-electron chi connectivity index (χ3n) is 7.77. The molecule has 1 atom stereocenters. The van der Waals surface area contributed by atoms with Gasteiger partial charge in [-0.15, -0.1) is 0 Å². The molecule has 0 bridgehead atoms. The predicted octanol–water partition coefficient (Wildman–Crippen LogP) is 7.76. The second-order valence-corrected chi connectivity index (χ2v) is 12.9. The molecule has 1 aliphatic heterocycles. The largest absolute Gasteiger partial charge is 0.491 e. The molecule has 1 unspecified atom stereocenters. The number of ether oxygens (including phenoxy) is 2. The summed E-state index contributed by atoms with van der Waals surface area (Å²) in [5.41, 5.74) is 6.36. The number of aromatic amines is 1. The van der Waals surface area contributed by atoms with Crippen LogP contribution in [0.1, 0.15) is 63.0 Å². The number of nitrogens with one attached hydrogen (secondary N) is 3. The molecule has 0 spiro atoms. The Morgan fingerprint density at radius 1 is 0.957 bits per heavy atom. The first-order valence-corrected chi connectivity index (χ1v) is 17.6. The third-order valence-corrected chi connectivity index (χ3v) is 9.14. The average molecular weight is 641 g/mol. The van der Waals surface area contributed by atoms with Crippen molar-refractivity contribution in [2.45, 2.75) is 63.0 Å². The second kappa shape index (κ2) is 16.9. The van der Waals surface area contributed by atoms with E-state index >= 15 is 0 Å². The molecule has 0 saturated heterocycles. The van der Waals surface area contributed by atoms with E-state index in [4.69, 9.17) is 9.47 Å². The zero-order chi connectivity index (χ0) is 32.1. The van der Waals surface area contributed by atoms with Crippen molar-refractivity contribution in [2.24, 2.45) is 0 Å². The van der Waals surface area contributed by atoms with Gasteiger partial charge in [0, 0.05) is 53.3 Å². The van der Waals surface area contributed by atoms with Gasteiger partial charge >= 0.3 is 0 Å². The lowest BCUT2D eigenvalue weighted by atomic mass is 9.97. The van der Waals surface area contributed by atoms with Gasteiger partial charge in [0.2, 0.25) is 0 Å². The monoisotopic (exact) mass is 640 g/mol. The van der Waals surface area contributed by atoms with Crippen molar-refractivity contribution < 1.29 is 18.5 Å². The van der Waals surface area contributed by atoms with E-state index < -0.39 is 10.8 Å². The van der Waals surface area contributed by atoms with E-state index in [0.717, 1.165) is 90.5 Å². The average Bonchev–Trinajstić information content (AvgIpc) is 3.50. The number of carbonyl (C=O) groups excluding carboxylic acids is 1. The molecule has 1 aromatic heterocycles. The summed E-state index contributed by atoms with van der Waals surface area (Å²) in [5.74, 6) is 1.97. The lowest BCUT2D eigenvalue weighted by Gasteiger charge is -2.17. The molecule has 46 heavy (non-hydrogen) atoms. The van der Waals surface area contributed by atoms with E-state index in [0.29, 0.717) is 36.0 Å². The molecule has 0 aliphatic carbocycles. The molecule has 1 aliphatic rings. The first kappa shape index (κ1) is 33.2. The van der Waals surface area contributed by atoms with Crippen molar-refractivity contribution >= 4 is 34.2 Å². The van der Waals surface area contributed by atoms with Crippen LogP contribution in [0.3, 0.4) is 0 Å². The summed E-state index contributed by atoms with van der Waals surface area (Å²) in [5, 5.41) is 6.54. The Balaban J connectivity index is 1.22. The van der Waals surface area contributed by atoms with Crippen LogP contribution in [-0.4, -0.2) is 46.4 Å². The van der Waals surface area contributed by atoms with Crippen LogP contribution in [0.15, 0.2) is 83.4 Å². The third kappa shape index (κ3) is 9.40. The summed E-state index contributed by atoms with van der Waals surface area (Å²) in [7, 11) is -1.22. The zero-order valence-electron chi connectivity index (χ0n) is 26.8. The number of amides is 1. The van der Waals surface area contributed by atoms with Crippen LogP contribution < -0.4 is 15.4 Å². The van der Waals surface area contributed by atoms with Crippen LogP contribution in [-0.2, 0) is 32.5 Å². The Morgan fingerprint density at radius 3 is 2.54 bits per heavy atom. The van der Waals surface area contributed by atoms with Crippen LogP contribution in [0.25, 0.3) is 17.2 Å². The van der Waals surface area contributed by atoms with Gasteiger partial charge in [-0.3, -0.25) is 9.00 Å². The molecule has 4 aromatic rings. The van der Waals surface area contributed by atoms with Gasteiger partial charge in [-0.2, -0.15) is 0 Å².